The lowest BCUT2D eigenvalue weighted by molar-refractivity contribution is -0.121. The van der Waals surface area contributed by atoms with Gasteiger partial charge in [0.1, 0.15) is 12.4 Å². The van der Waals surface area contributed by atoms with Gasteiger partial charge in [-0.25, -0.2) is 0 Å². The van der Waals surface area contributed by atoms with Crippen LogP contribution in [0.5, 0.6) is 5.75 Å². The third kappa shape index (κ3) is 4.98. The molecule has 176 valence electrons. The monoisotopic (exact) mass is 456 g/mol. The first-order valence-corrected chi connectivity index (χ1v) is 11.8. The smallest absolute Gasteiger partial charge is 0.258 e. The van der Waals surface area contributed by atoms with Crippen molar-refractivity contribution in [2.45, 2.75) is 33.1 Å². The fraction of sp³-hybridized carbons (Fsp3) is 0.310. The third-order valence-corrected chi connectivity index (χ3v) is 6.18. The second kappa shape index (κ2) is 9.72. The van der Waals surface area contributed by atoms with Crippen molar-refractivity contribution in [3.05, 3.63) is 90.0 Å². The number of hydrogen-bond donors (Lipinski definition) is 0. The van der Waals surface area contributed by atoms with Gasteiger partial charge >= 0.3 is 0 Å². The highest BCUT2D eigenvalue weighted by molar-refractivity contribution is 6.11. The lowest BCUT2D eigenvalue weighted by Crippen LogP contribution is -2.39. The predicted molar refractivity (Wildman–Crippen MR) is 137 cm³/mol. The average molecular weight is 457 g/mol. The van der Waals surface area contributed by atoms with Gasteiger partial charge in [0.15, 0.2) is 0 Å². The minimum Gasteiger partial charge on any atom is -0.492 e. The summed E-state index contributed by atoms with van der Waals surface area (Å²) in [6.07, 6.45) is 0. The van der Waals surface area contributed by atoms with Crippen molar-refractivity contribution in [2.75, 3.05) is 29.5 Å². The molecule has 3 aromatic carbocycles. The van der Waals surface area contributed by atoms with E-state index < -0.39 is 0 Å². The maximum absolute atomic E-state index is 13.3. The van der Waals surface area contributed by atoms with E-state index in [0.717, 1.165) is 17.1 Å². The van der Waals surface area contributed by atoms with Gasteiger partial charge in [-0.2, -0.15) is 0 Å². The number of hydrogen-bond acceptors (Lipinski definition) is 3. The number of carbonyl (C=O) groups is 2. The van der Waals surface area contributed by atoms with Gasteiger partial charge in [0.25, 0.3) is 5.91 Å². The molecule has 1 aliphatic heterocycles. The Labute approximate surface area is 202 Å². The maximum atomic E-state index is 13.3. The summed E-state index contributed by atoms with van der Waals surface area (Å²) in [7, 11) is 0. The van der Waals surface area contributed by atoms with Gasteiger partial charge in [-0.1, -0.05) is 70.2 Å². The van der Waals surface area contributed by atoms with Gasteiger partial charge < -0.3 is 14.5 Å². The van der Waals surface area contributed by atoms with Crippen LogP contribution >= 0.6 is 0 Å². The molecule has 0 saturated carbocycles. The van der Waals surface area contributed by atoms with Gasteiger partial charge in [-0.15, -0.1) is 0 Å². The van der Waals surface area contributed by atoms with E-state index in [1.807, 2.05) is 61.5 Å². The fourth-order valence-electron chi connectivity index (χ4n) is 4.22. The molecule has 0 fully saturated rings. The molecule has 0 N–H and O–H groups in total. The minimum absolute atomic E-state index is 0.0116. The fourth-order valence-corrected chi connectivity index (χ4v) is 4.22. The number of fused-ring (bicyclic) bond motifs is 1. The maximum Gasteiger partial charge on any atom is 0.258 e. The molecule has 0 spiro atoms. The highest BCUT2D eigenvalue weighted by Gasteiger charge is 2.33. The summed E-state index contributed by atoms with van der Waals surface area (Å²) in [6.45, 7) is 9.49. The van der Waals surface area contributed by atoms with Crippen LogP contribution in [-0.2, 0) is 10.2 Å². The molecule has 4 rings (SSSR count). The van der Waals surface area contributed by atoms with Crippen molar-refractivity contribution in [3.8, 4) is 5.75 Å². The number of anilines is 2. The molecule has 1 aliphatic rings. The number of ether oxygens (including phenoxy) is 1. The summed E-state index contributed by atoms with van der Waals surface area (Å²) in [4.78, 5) is 30.2. The second-order valence-corrected chi connectivity index (χ2v) is 9.78. The first kappa shape index (κ1) is 23.6. The molecule has 2 amide bonds. The summed E-state index contributed by atoms with van der Waals surface area (Å²) in [5, 5.41) is 0. The Bertz CT molecular complexity index is 1150. The molecule has 1 unspecified atom stereocenters. The first-order valence-electron chi connectivity index (χ1n) is 11.8. The van der Waals surface area contributed by atoms with Gasteiger partial charge in [0, 0.05) is 12.1 Å². The molecule has 5 nitrogen and oxygen atoms in total. The van der Waals surface area contributed by atoms with Gasteiger partial charge in [-0.05, 0) is 47.4 Å². The van der Waals surface area contributed by atoms with Crippen molar-refractivity contribution in [2.24, 2.45) is 5.92 Å². The quantitative estimate of drug-likeness (QED) is 0.495. The van der Waals surface area contributed by atoms with Crippen LogP contribution in [0.25, 0.3) is 0 Å². The van der Waals surface area contributed by atoms with Crippen LogP contribution in [0.2, 0.25) is 0 Å². The van der Waals surface area contributed by atoms with Crippen molar-refractivity contribution >= 4 is 23.2 Å². The third-order valence-electron chi connectivity index (χ3n) is 6.18. The zero-order chi connectivity index (χ0) is 24.3. The lowest BCUT2D eigenvalue weighted by atomic mass is 9.87. The Morgan fingerprint density at radius 3 is 2.18 bits per heavy atom. The molecule has 0 aromatic heterocycles. The SMILES string of the molecule is CC1CN(C(=O)c2ccccc2)c2ccccc2N(CCOc2ccc(C(C)(C)C)cc2)C1=O. The molecular weight excluding hydrogens is 424 g/mol. The summed E-state index contributed by atoms with van der Waals surface area (Å²) in [6, 6.07) is 24.9. The number of amides is 2. The van der Waals surface area contributed by atoms with E-state index in [9.17, 15) is 9.59 Å². The number of benzene rings is 3. The van der Waals surface area contributed by atoms with Crippen LogP contribution in [0.4, 0.5) is 11.4 Å². The number of nitrogens with zero attached hydrogens (tertiary/aromatic N) is 2. The zero-order valence-corrected chi connectivity index (χ0v) is 20.3. The van der Waals surface area contributed by atoms with Crippen LogP contribution in [0.3, 0.4) is 0 Å². The summed E-state index contributed by atoms with van der Waals surface area (Å²) < 4.78 is 5.99. The molecule has 0 radical (unpaired) electrons. The van der Waals surface area contributed by atoms with E-state index in [0.29, 0.717) is 25.3 Å². The van der Waals surface area contributed by atoms with Crippen LogP contribution in [0.15, 0.2) is 78.9 Å². The van der Waals surface area contributed by atoms with E-state index in [1.54, 1.807) is 21.9 Å². The Kier molecular flexibility index (Phi) is 6.73. The molecule has 0 aliphatic carbocycles. The number of carbonyl (C=O) groups excluding carboxylic acids is 2. The number of para-hydroxylation sites is 2. The average Bonchev–Trinajstić information content (AvgIpc) is 2.94. The van der Waals surface area contributed by atoms with Crippen LogP contribution < -0.4 is 14.5 Å². The minimum atomic E-state index is -0.342. The molecule has 1 heterocycles. The van der Waals surface area contributed by atoms with Crippen molar-refractivity contribution < 1.29 is 14.3 Å². The topological polar surface area (TPSA) is 49.9 Å². The van der Waals surface area contributed by atoms with Crippen LogP contribution in [0.1, 0.15) is 43.6 Å². The van der Waals surface area contributed by atoms with E-state index in [1.165, 1.54) is 5.56 Å². The Balaban J connectivity index is 1.54. The predicted octanol–water partition coefficient (Wildman–Crippen LogP) is 5.69. The lowest BCUT2D eigenvalue weighted by Gasteiger charge is -2.25. The molecule has 3 aromatic rings. The van der Waals surface area contributed by atoms with Gasteiger partial charge in [0.2, 0.25) is 5.91 Å². The number of rotatable bonds is 5. The Morgan fingerprint density at radius 1 is 0.912 bits per heavy atom. The standard InChI is InChI=1S/C29H32N2O3/c1-21-20-31(28(33)22-10-6-5-7-11-22)26-13-9-8-12-25(26)30(27(21)32)18-19-34-24-16-14-23(15-17-24)29(2,3)4/h5-17,21H,18-20H2,1-4H3. The first-order chi connectivity index (χ1) is 16.3. The second-order valence-electron chi connectivity index (χ2n) is 9.78. The summed E-state index contributed by atoms with van der Waals surface area (Å²) >= 11 is 0. The van der Waals surface area contributed by atoms with Crippen molar-refractivity contribution in [1.29, 1.82) is 0 Å². The summed E-state index contributed by atoms with van der Waals surface area (Å²) in [5.74, 6) is 0.316. The van der Waals surface area contributed by atoms with E-state index >= 15 is 0 Å². The molecule has 5 heteroatoms. The largest absolute Gasteiger partial charge is 0.492 e. The van der Waals surface area contributed by atoms with E-state index in [2.05, 4.69) is 32.9 Å². The van der Waals surface area contributed by atoms with Gasteiger partial charge in [0.05, 0.1) is 23.8 Å². The normalized spacial score (nSPS) is 16.1. The Morgan fingerprint density at radius 2 is 1.53 bits per heavy atom. The van der Waals surface area contributed by atoms with Crippen LogP contribution in [0, 0.1) is 5.92 Å². The van der Waals surface area contributed by atoms with Crippen LogP contribution in [-0.4, -0.2) is 31.5 Å². The van der Waals surface area contributed by atoms with Crippen molar-refractivity contribution in [3.63, 3.8) is 0 Å². The Hall–Kier alpha value is -3.60. The highest BCUT2D eigenvalue weighted by atomic mass is 16.5. The molecule has 0 bridgehead atoms. The molecular formula is C29H32N2O3. The highest BCUT2D eigenvalue weighted by Crippen LogP contribution is 2.35. The van der Waals surface area contributed by atoms with Crippen molar-refractivity contribution in [1.82, 2.24) is 0 Å². The van der Waals surface area contributed by atoms with Gasteiger partial charge in [-0.3, -0.25) is 9.59 Å². The summed E-state index contributed by atoms with van der Waals surface area (Å²) in [5.41, 5.74) is 3.40. The molecule has 34 heavy (non-hydrogen) atoms. The zero-order valence-electron chi connectivity index (χ0n) is 20.3. The molecule has 1 atom stereocenters. The molecule has 0 saturated heterocycles. The van der Waals surface area contributed by atoms with E-state index in [-0.39, 0.29) is 23.1 Å². The van der Waals surface area contributed by atoms with E-state index in [4.69, 9.17) is 4.74 Å².